The first kappa shape index (κ1) is 16.1. The van der Waals surface area contributed by atoms with Crippen molar-refractivity contribution in [3.63, 3.8) is 0 Å². The zero-order valence-electron chi connectivity index (χ0n) is 13.5. The van der Waals surface area contributed by atoms with Crippen molar-refractivity contribution >= 4 is 12.2 Å². The lowest BCUT2D eigenvalue weighted by Gasteiger charge is -2.25. The number of carbonyl (C=O) groups is 1. The van der Waals surface area contributed by atoms with Gasteiger partial charge in [-0.05, 0) is 36.1 Å². The first-order valence-corrected chi connectivity index (χ1v) is 8.15. The molecule has 2 aromatic rings. The molecule has 4 heteroatoms. The van der Waals surface area contributed by atoms with Gasteiger partial charge in [-0.2, -0.15) is 0 Å². The molecular weight excluding hydrogens is 302 g/mol. The van der Waals surface area contributed by atoms with E-state index in [1.807, 2.05) is 54.6 Å². The lowest BCUT2D eigenvalue weighted by atomic mass is 10.0. The number of benzene rings is 2. The molecule has 1 aliphatic rings. The normalized spacial score (nSPS) is 14.3. The Kier molecular flexibility index (Phi) is 5.16. The summed E-state index contributed by atoms with van der Waals surface area (Å²) in [5.41, 5.74) is 3.57. The number of likely N-dealkylation sites (tertiary alicyclic amines) is 1. The monoisotopic (exact) mass is 323 g/mol. The summed E-state index contributed by atoms with van der Waals surface area (Å²) in [6.45, 7) is 1.73. The van der Waals surface area contributed by atoms with Gasteiger partial charge in [0.25, 0.3) is 0 Å². The van der Waals surface area contributed by atoms with Crippen LogP contribution in [0.3, 0.4) is 0 Å². The predicted molar refractivity (Wildman–Crippen MR) is 94.0 cm³/mol. The van der Waals surface area contributed by atoms with Gasteiger partial charge in [-0.25, -0.2) is 4.79 Å². The molecule has 1 fully saturated rings. The van der Waals surface area contributed by atoms with Crippen LogP contribution in [0.5, 0.6) is 5.75 Å². The lowest BCUT2D eigenvalue weighted by Crippen LogP contribution is -2.35. The molecule has 1 N–H and O–H groups in total. The van der Waals surface area contributed by atoms with Crippen LogP contribution in [-0.4, -0.2) is 29.2 Å². The van der Waals surface area contributed by atoms with E-state index in [1.54, 1.807) is 0 Å². The van der Waals surface area contributed by atoms with Crippen molar-refractivity contribution in [2.45, 2.75) is 19.4 Å². The third kappa shape index (κ3) is 4.38. The highest BCUT2D eigenvalue weighted by molar-refractivity contribution is 5.65. The summed E-state index contributed by atoms with van der Waals surface area (Å²) in [5, 5.41) is 8.97. The highest BCUT2D eigenvalue weighted by Crippen LogP contribution is 2.21. The van der Waals surface area contributed by atoms with E-state index in [-0.39, 0.29) is 0 Å². The fraction of sp³-hybridized carbons (Fsp3) is 0.250. The van der Waals surface area contributed by atoms with Gasteiger partial charge in [0.2, 0.25) is 0 Å². The summed E-state index contributed by atoms with van der Waals surface area (Å²) in [6, 6.07) is 18.1. The van der Waals surface area contributed by atoms with E-state index in [2.05, 4.69) is 6.08 Å². The van der Waals surface area contributed by atoms with Crippen LogP contribution in [-0.2, 0) is 6.61 Å². The molecule has 0 saturated carbocycles. The molecule has 2 aromatic carbocycles. The van der Waals surface area contributed by atoms with Gasteiger partial charge in [0.05, 0.1) is 0 Å². The Labute approximate surface area is 142 Å². The Bertz CT molecular complexity index is 697. The maximum atomic E-state index is 10.9. The second-order valence-corrected chi connectivity index (χ2v) is 5.92. The summed E-state index contributed by atoms with van der Waals surface area (Å²) in [7, 11) is 0. The minimum absolute atomic E-state index is 0.562. The predicted octanol–water partition coefficient (Wildman–Crippen LogP) is 4.42. The van der Waals surface area contributed by atoms with E-state index in [4.69, 9.17) is 9.84 Å². The number of hydrogen-bond acceptors (Lipinski definition) is 2. The number of carboxylic acid groups (broad SMARTS) is 1. The van der Waals surface area contributed by atoms with Gasteiger partial charge in [0, 0.05) is 13.1 Å². The van der Waals surface area contributed by atoms with Crippen molar-refractivity contribution in [3.05, 3.63) is 71.3 Å². The standard InChI is InChI=1S/C20H21NO3/c22-20(23)21-12-10-17(11-13-21)14-16-6-8-19(9-7-16)24-15-18-4-2-1-3-5-18/h1-9,14H,10-13,15H2,(H,22,23). The average Bonchev–Trinajstić information content (AvgIpc) is 2.62. The Morgan fingerprint density at radius 3 is 2.33 bits per heavy atom. The van der Waals surface area contributed by atoms with Crippen LogP contribution in [0.4, 0.5) is 4.79 Å². The number of rotatable bonds is 4. The van der Waals surface area contributed by atoms with E-state index in [0.717, 1.165) is 29.7 Å². The van der Waals surface area contributed by atoms with Gasteiger partial charge >= 0.3 is 6.09 Å². The van der Waals surface area contributed by atoms with Crippen LogP contribution in [0.2, 0.25) is 0 Å². The van der Waals surface area contributed by atoms with Crippen molar-refractivity contribution < 1.29 is 14.6 Å². The van der Waals surface area contributed by atoms with Crippen molar-refractivity contribution in [1.82, 2.24) is 4.90 Å². The van der Waals surface area contributed by atoms with Gasteiger partial charge in [0.1, 0.15) is 12.4 Å². The highest BCUT2D eigenvalue weighted by Gasteiger charge is 2.17. The molecule has 124 valence electrons. The molecule has 0 atom stereocenters. The topological polar surface area (TPSA) is 49.8 Å². The molecular formula is C20H21NO3. The zero-order chi connectivity index (χ0) is 16.8. The first-order valence-electron chi connectivity index (χ1n) is 8.15. The smallest absolute Gasteiger partial charge is 0.407 e. The number of nitrogens with zero attached hydrogens (tertiary/aromatic N) is 1. The van der Waals surface area contributed by atoms with Crippen molar-refractivity contribution in [2.75, 3.05) is 13.1 Å². The fourth-order valence-electron chi connectivity index (χ4n) is 2.77. The molecule has 0 aromatic heterocycles. The fourth-order valence-corrected chi connectivity index (χ4v) is 2.77. The molecule has 1 heterocycles. The molecule has 0 unspecified atom stereocenters. The molecule has 1 aliphatic heterocycles. The molecule has 3 rings (SSSR count). The molecule has 1 saturated heterocycles. The van der Waals surface area contributed by atoms with Crippen LogP contribution in [0, 0.1) is 0 Å². The van der Waals surface area contributed by atoms with E-state index in [1.165, 1.54) is 10.5 Å². The molecule has 0 bridgehead atoms. The van der Waals surface area contributed by atoms with Gasteiger partial charge in [0.15, 0.2) is 0 Å². The van der Waals surface area contributed by atoms with Crippen molar-refractivity contribution in [1.29, 1.82) is 0 Å². The second-order valence-electron chi connectivity index (χ2n) is 5.92. The molecule has 0 aliphatic carbocycles. The average molecular weight is 323 g/mol. The lowest BCUT2D eigenvalue weighted by molar-refractivity contribution is 0.142. The third-order valence-corrected chi connectivity index (χ3v) is 4.18. The Morgan fingerprint density at radius 1 is 1.04 bits per heavy atom. The van der Waals surface area contributed by atoms with Crippen molar-refractivity contribution in [2.24, 2.45) is 0 Å². The maximum absolute atomic E-state index is 10.9. The van der Waals surface area contributed by atoms with Crippen LogP contribution < -0.4 is 4.74 Å². The van der Waals surface area contributed by atoms with E-state index in [0.29, 0.717) is 19.7 Å². The molecule has 4 nitrogen and oxygen atoms in total. The summed E-state index contributed by atoms with van der Waals surface area (Å²) < 4.78 is 5.78. The Hall–Kier alpha value is -2.75. The summed E-state index contributed by atoms with van der Waals surface area (Å²) in [6.07, 6.45) is 2.94. The minimum Gasteiger partial charge on any atom is -0.489 e. The van der Waals surface area contributed by atoms with E-state index in [9.17, 15) is 4.79 Å². The van der Waals surface area contributed by atoms with E-state index < -0.39 is 6.09 Å². The quantitative estimate of drug-likeness (QED) is 0.906. The summed E-state index contributed by atoms with van der Waals surface area (Å²) in [4.78, 5) is 12.4. The first-order chi connectivity index (χ1) is 11.7. The number of hydrogen-bond donors (Lipinski definition) is 1. The maximum Gasteiger partial charge on any atom is 0.407 e. The number of piperidine rings is 1. The zero-order valence-corrected chi connectivity index (χ0v) is 13.5. The number of amides is 1. The SMILES string of the molecule is O=C(O)N1CCC(=Cc2ccc(OCc3ccccc3)cc2)CC1. The van der Waals surface area contributed by atoms with Gasteiger partial charge < -0.3 is 14.7 Å². The van der Waals surface area contributed by atoms with E-state index >= 15 is 0 Å². The van der Waals surface area contributed by atoms with Gasteiger partial charge in [-0.3, -0.25) is 0 Å². The summed E-state index contributed by atoms with van der Waals surface area (Å²) in [5.74, 6) is 0.849. The highest BCUT2D eigenvalue weighted by atomic mass is 16.5. The van der Waals surface area contributed by atoms with Crippen molar-refractivity contribution in [3.8, 4) is 5.75 Å². The van der Waals surface area contributed by atoms with Crippen LogP contribution >= 0.6 is 0 Å². The van der Waals surface area contributed by atoms with Gasteiger partial charge in [-0.15, -0.1) is 0 Å². The minimum atomic E-state index is -0.825. The number of ether oxygens (including phenoxy) is 1. The summed E-state index contributed by atoms with van der Waals surface area (Å²) >= 11 is 0. The van der Waals surface area contributed by atoms with Crippen LogP contribution in [0.25, 0.3) is 6.08 Å². The largest absolute Gasteiger partial charge is 0.489 e. The third-order valence-electron chi connectivity index (χ3n) is 4.18. The van der Waals surface area contributed by atoms with Crippen LogP contribution in [0.15, 0.2) is 60.2 Å². The molecule has 0 radical (unpaired) electrons. The Balaban J connectivity index is 1.55. The molecule has 24 heavy (non-hydrogen) atoms. The van der Waals surface area contributed by atoms with Crippen LogP contribution in [0.1, 0.15) is 24.0 Å². The molecule has 1 amide bonds. The molecule has 0 spiro atoms. The Morgan fingerprint density at radius 2 is 1.71 bits per heavy atom. The second kappa shape index (κ2) is 7.68. The van der Waals surface area contributed by atoms with Gasteiger partial charge in [-0.1, -0.05) is 54.1 Å².